The number of guanidine groups is 1. The third kappa shape index (κ3) is 6.09. The zero-order valence-electron chi connectivity index (χ0n) is 15.3. The van der Waals surface area contributed by atoms with Crippen LogP contribution in [0, 0.1) is 0 Å². The topological polar surface area (TPSA) is 73.8 Å². The van der Waals surface area contributed by atoms with Gasteiger partial charge in [-0.15, -0.1) is 24.0 Å². The van der Waals surface area contributed by atoms with E-state index in [-0.39, 0.29) is 41.5 Å². The highest BCUT2D eigenvalue weighted by Gasteiger charge is 2.28. The van der Waals surface area contributed by atoms with Gasteiger partial charge in [-0.2, -0.15) is 0 Å². The maximum atomic E-state index is 11.6. The van der Waals surface area contributed by atoms with Gasteiger partial charge in [0.25, 0.3) is 0 Å². The highest BCUT2D eigenvalue weighted by Crippen LogP contribution is 2.18. The van der Waals surface area contributed by atoms with Crippen LogP contribution in [0.4, 0.5) is 0 Å². The number of fused-ring (bicyclic) bond motifs is 1. The normalized spacial score (nSPS) is 22.3. The molecule has 1 fully saturated rings. The maximum Gasteiger partial charge on any atom is 0.191 e. The predicted octanol–water partition coefficient (Wildman–Crippen LogP) is 1.40. The van der Waals surface area contributed by atoms with Crippen molar-refractivity contribution >= 4 is 39.8 Å². The van der Waals surface area contributed by atoms with Crippen LogP contribution in [0.2, 0.25) is 0 Å². The second kappa shape index (κ2) is 9.89. The summed E-state index contributed by atoms with van der Waals surface area (Å²) in [5.41, 5.74) is 2.87. The molecule has 2 aliphatic rings. The Bertz CT molecular complexity index is 724. The Morgan fingerprint density at radius 3 is 2.77 bits per heavy atom. The van der Waals surface area contributed by atoms with E-state index in [2.05, 4.69) is 44.8 Å². The molecule has 1 atom stereocenters. The number of hydrogen-bond acceptors (Lipinski definition) is 4. The lowest BCUT2D eigenvalue weighted by atomic mass is 10.0. The minimum atomic E-state index is -2.88. The fourth-order valence-electron chi connectivity index (χ4n) is 3.47. The molecule has 1 saturated heterocycles. The Hall–Kier alpha value is -0.870. The molecule has 0 bridgehead atoms. The van der Waals surface area contributed by atoms with Crippen LogP contribution < -0.4 is 10.6 Å². The summed E-state index contributed by atoms with van der Waals surface area (Å²) < 4.78 is 23.2. The Kier molecular flexibility index (Phi) is 8.15. The average Bonchev–Trinajstić information content (AvgIpc) is 2.93. The summed E-state index contributed by atoms with van der Waals surface area (Å²) in [6.45, 7) is 6.45. The molecule has 6 nitrogen and oxygen atoms in total. The Morgan fingerprint density at radius 1 is 1.31 bits per heavy atom. The van der Waals surface area contributed by atoms with Crippen molar-refractivity contribution in [3.8, 4) is 0 Å². The lowest BCUT2D eigenvalue weighted by Crippen LogP contribution is -2.44. The lowest BCUT2D eigenvalue weighted by Gasteiger charge is -2.28. The van der Waals surface area contributed by atoms with E-state index < -0.39 is 9.84 Å². The van der Waals surface area contributed by atoms with Gasteiger partial charge in [0.2, 0.25) is 0 Å². The Morgan fingerprint density at radius 2 is 2.08 bits per heavy atom. The highest BCUT2D eigenvalue weighted by atomic mass is 127. The number of sulfone groups is 1. The molecule has 1 unspecified atom stereocenters. The van der Waals surface area contributed by atoms with E-state index in [0.717, 1.165) is 38.6 Å². The largest absolute Gasteiger partial charge is 0.357 e. The van der Waals surface area contributed by atoms with Gasteiger partial charge in [-0.1, -0.05) is 24.3 Å². The summed E-state index contributed by atoms with van der Waals surface area (Å²) in [6.07, 6.45) is 1.76. The van der Waals surface area contributed by atoms with Crippen LogP contribution in [0.3, 0.4) is 0 Å². The minimum absolute atomic E-state index is 0. The van der Waals surface area contributed by atoms with Gasteiger partial charge in [-0.3, -0.25) is 9.89 Å². The lowest BCUT2D eigenvalue weighted by molar-refractivity contribution is 0.261. The van der Waals surface area contributed by atoms with E-state index in [4.69, 9.17) is 0 Å². The van der Waals surface area contributed by atoms with Gasteiger partial charge < -0.3 is 10.6 Å². The highest BCUT2D eigenvalue weighted by molar-refractivity contribution is 14.0. The number of nitrogens with zero attached hydrogens (tertiary/aromatic N) is 2. The second-order valence-electron chi connectivity index (χ2n) is 6.80. The molecule has 2 N–H and O–H groups in total. The average molecular weight is 492 g/mol. The van der Waals surface area contributed by atoms with Crippen LogP contribution in [-0.2, 0) is 22.8 Å². The maximum absolute atomic E-state index is 11.6. The number of aliphatic imine (C=N–C) groups is 1. The third-order valence-electron chi connectivity index (χ3n) is 4.81. The first-order chi connectivity index (χ1) is 12.1. The quantitative estimate of drug-likeness (QED) is 0.370. The fourth-order valence-corrected chi connectivity index (χ4v) is 5.14. The minimum Gasteiger partial charge on any atom is -0.357 e. The molecule has 146 valence electrons. The van der Waals surface area contributed by atoms with Crippen LogP contribution in [0.15, 0.2) is 29.3 Å². The SMILES string of the molecule is CCNC(=NCCN1CCc2ccccc2C1)NC1CCS(=O)(=O)C1.I. The van der Waals surface area contributed by atoms with Gasteiger partial charge in [-0.25, -0.2) is 8.42 Å². The molecular weight excluding hydrogens is 463 g/mol. The summed E-state index contributed by atoms with van der Waals surface area (Å²) in [4.78, 5) is 7.06. The van der Waals surface area contributed by atoms with Crippen molar-refractivity contribution in [2.75, 3.05) is 37.7 Å². The molecule has 0 amide bonds. The van der Waals surface area contributed by atoms with Gasteiger partial charge in [0.1, 0.15) is 0 Å². The molecule has 1 aromatic rings. The summed E-state index contributed by atoms with van der Waals surface area (Å²) >= 11 is 0. The standard InChI is InChI=1S/C18H28N4O2S.HI/c1-2-19-18(21-17-8-12-25(23,24)14-17)20-9-11-22-10-7-15-5-3-4-6-16(15)13-22;/h3-6,17H,2,7-14H2,1H3,(H2,19,20,21);1H. The molecule has 8 heteroatoms. The second-order valence-corrected chi connectivity index (χ2v) is 9.03. The van der Waals surface area contributed by atoms with Crippen LogP contribution in [0.5, 0.6) is 0 Å². The fraction of sp³-hybridized carbons (Fsp3) is 0.611. The van der Waals surface area contributed by atoms with Crippen molar-refractivity contribution in [2.24, 2.45) is 4.99 Å². The number of rotatable bonds is 5. The number of halogens is 1. The Balaban J connectivity index is 0.00000243. The monoisotopic (exact) mass is 492 g/mol. The van der Waals surface area contributed by atoms with Gasteiger partial charge in [-0.05, 0) is 30.9 Å². The molecule has 0 aromatic heterocycles. The first-order valence-corrected chi connectivity index (χ1v) is 10.9. The van der Waals surface area contributed by atoms with Gasteiger partial charge in [0.15, 0.2) is 15.8 Å². The first-order valence-electron chi connectivity index (χ1n) is 9.10. The Labute approximate surface area is 173 Å². The van der Waals surface area contributed by atoms with Gasteiger partial charge in [0, 0.05) is 32.2 Å². The van der Waals surface area contributed by atoms with Crippen LogP contribution in [0.25, 0.3) is 0 Å². The molecule has 3 rings (SSSR count). The molecular formula is C18H29IN4O2S. The molecule has 2 aliphatic heterocycles. The van der Waals surface area contributed by atoms with Crippen molar-refractivity contribution in [3.63, 3.8) is 0 Å². The van der Waals surface area contributed by atoms with Crippen molar-refractivity contribution in [2.45, 2.75) is 32.4 Å². The van der Waals surface area contributed by atoms with Gasteiger partial charge >= 0.3 is 0 Å². The number of hydrogen-bond donors (Lipinski definition) is 2. The van der Waals surface area contributed by atoms with Crippen LogP contribution in [-0.4, -0.2) is 63.0 Å². The summed E-state index contributed by atoms with van der Waals surface area (Å²) in [6, 6.07) is 8.61. The van der Waals surface area contributed by atoms with Crippen molar-refractivity contribution in [1.29, 1.82) is 0 Å². The van der Waals surface area contributed by atoms with E-state index in [1.165, 1.54) is 11.1 Å². The van der Waals surface area contributed by atoms with E-state index in [1.807, 2.05) is 6.92 Å². The van der Waals surface area contributed by atoms with Crippen LogP contribution in [0.1, 0.15) is 24.5 Å². The zero-order chi connectivity index (χ0) is 17.7. The molecule has 0 spiro atoms. The number of nitrogens with one attached hydrogen (secondary N) is 2. The molecule has 0 radical (unpaired) electrons. The summed E-state index contributed by atoms with van der Waals surface area (Å²) in [5.74, 6) is 1.21. The molecule has 0 saturated carbocycles. The molecule has 1 aromatic carbocycles. The zero-order valence-corrected chi connectivity index (χ0v) is 18.4. The smallest absolute Gasteiger partial charge is 0.191 e. The van der Waals surface area contributed by atoms with E-state index in [9.17, 15) is 8.42 Å². The third-order valence-corrected chi connectivity index (χ3v) is 6.58. The number of benzene rings is 1. The van der Waals surface area contributed by atoms with E-state index in [0.29, 0.717) is 13.0 Å². The predicted molar refractivity (Wildman–Crippen MR) is 117 cm³/mol. The van der Waals surface area contributed by atoms with Crippen molar-refractivity contribution in [1.82, 2.24) is 15.5 Å². The molecule has 2 heterocycles. The van der Waals surface area contributed by atoms with Gasteiger partial charge in [0.05, 0.1) is 18.1 Å². The molecule has 26 heavy (non-hydrogen) atoms. The first kappa shape index (κ1) is 21.4. The van der Waals surface area contributed by atoms with Crippen molar-refractivity contribution in [3.05, 3.63) is 35.4 Å². The summed E-state index contributed by atoms with van der Waals surface area (Å²) in [5, 5.41) is 6.48. The molecule has 0 aliphatic carbocycles. The van der Waals surface area contributed by atoms with Crippen molar-refractivity contribution < 1.29 is 8.42 Å². The van der Waals surface area contributed by atoms with E-state index in [1.54, 1.807) is 0 Å². The van der Waals surface area contributed by atoms with E-state index >= 15 is 0 Å². The van der Waals surface area contributed by atoms with Crippen LogP contribution >= 0.6 is 24.0 Å². The summed E-state index contributed by atoms with van der Waals surface area (Å²) in [7, 11) is -2.88.